The molecule has 1 amide bonds. The molecule has 0 radical (unpaired) electrons. The van der Waals surface area contributed by atoms with Gasteiger partial charge in [0, 0.05) is 25.9 Å². The van der Waals surface area contributed by atoms with Crippen LogP contribution in [0.15, 0.2) is 86.6 Å². The first kappa shape index (κ1) is 19.6. The highest BCUT2D eigenvalue weighted by Crippen LogP contribution is 2.26. The molecule has 2 N–H and O–H groups in total. The molecule has 0 spiro atoms. The van der Waals surface area contributed by atoms with Crippen molar-refractivity contribution >= 4 is 59.2 Å². The monoisotopic (exact) mass is 508 g/mol. The number of halogens is 2. The van der Waals surface area contributed by atoms with Crippen LogP contribution in [-0.2, 0) is 10.0 Å². The molecule has 3 aromatic rings. The largest absolute Gasteiger partial charge is 0.322 e. The van der Waals surface area contributed by atoms with Crippen LogP contribution in [0.4, 0.5) is 11.4 Å². The number of para-hydroxylation sites is 1. The van der Waals surface area contributed by atoms with Crippen LogP contribution < -0.4 is 10.0 Å². The molecule has 3 rings (SSSR count). The van der Waals surface area contributed by atoms with E-state index in [2.05, 4.69) is 41.9 Å². The molecule has 0 heterocycles. The minimum absolute atomic E-state index is 0.0187. The predicted octanol–water partition coefficient (Wildman–Crippen LogP) is 5.26. The Bertz CT molecular complexity index is 1070. The SMILES string of the molecule is O=C(Nc1ccc(Br)cc1)c1ccc(Br)c(S(=O)(=O)Nc2ccccc2)c1. The molecule has 5 nitrogen and oxygen atoms in total. The molecular formula is C19H14Br2N2O3S. The molecule has 138 valence electrons. The molecule has 0 unspecified atom stereocenters. The number of carbonyl (C=O) groups excluding carboxylic acids is 1. The zero-order chi connectivity index (χ0) is 19.4. The van der Waals surface area contributed by atoms with Crippen LogP contribution in [0.2, 0.25) is 0 Å². The molecule has 0 fully saturated rings. The quantitative estimate of drug-likeness (QED) is 0.492. The standard InChI is InChI=1S/C19H14Br2N2O3S/c20-14-7-9-15(10-8-14)22-19(24)13-6-11-17(21)18(12-13)27(25,26)23-16-4-2-1-3-5-16/h1-12,23H,(H,22,24). The van der Waals surface area contributed by atoms with Crippen LogP contribution in [0.3, 0.4) is 0 Å². The molecule has 0 saturated carbocycles. The fourth-order valence-corrected chi connectivity index (χ4v) is 4.62. The summed E-state index contributed by atoms with van der Waals surface area (Å²) in [5.74, 6) is -0.402. The second-order valence-electron chi connectivity index (χ2n) is 5.58. The third kappa shape index (κ3) is 4.97. The molecule has 0 aliphatic heterocycles. The lowest BCUT2D eigenvalue weighted by Gasteiger charge is -2.11. The summed E-state index contributed by atoms with van der Waals surface area (Å²) in [6.07, 6.45) is 0. The smallest absolute Gasteiger partial charge is 0.263 e. The molecule has 3 aromatic carbocycles. The Morgan fingerprint density at radius 3 is 2.15 bits per heavy atom. The highest BCUT2D eigenvalue weighted by molar-refractivity contribution is 9.10. The van der Waals surface area contributed by atoms with E-state index < -0.39 is 15.9 Å². The second kappa shape index (κ2) is 8.24. The van der Waals surface area contributed by atoms with E-state index in [4.69, 9.17) is 0 Å². The molecule has 0 saturated heterocycles. The van der Waals surface area contributed by atoms with Gasteiger partial charge in [0.25, 0.3) is 15.9 Å². The zero-order valence-corrected chi connectivity index (χ0v) is 17.8. The number of benzene rings is 3. The number of rotatable bonds is 5. The summed E-state index contributed by atoms with van der Waals surface area (Å²) in [7, 11) is -3.86. The average Bonchev–Trinajstić information content (AvgIpc) is 2.64. The number of nitrogens with one attached hydrogen (secondary N) is 2. The van der Waals surface area contributed by atoms with Gasteiger partial charge >= 0.3 is 0 Å². The first-order chi connectivity index (χ1) is 12.8. The van der Waals surface area contributed by atoms with Crippen LogP contribution in [0, 0.1) is 0 Å². The van der Waals surface area contributed by atoms with E-state index in [0.717, 1.165) is 4.47 Å². The van der Waals surface area contributed by atoms with E-state index in [1.54, 1.807) is 60.7 Å². The van der Waals surface area contributed by atoms with E-state index in [0.29, 0.717) is 15.8 Å². The highest BCUT2D eigenvalue weighted by atomic mass is 79.9. The highest BCUT2D eigenvalue weighted by Gasteiger charge is 2.20. The maximum atomic E-state index is 12.7. The van der Waals surface area contributed by atoms with Crippen LogP contribution >= 0.6 is 31.9 Å². The first-order valence-electron chi connectivity index (χ1n) is 7.79. The zero-order valence-electron chi connectivity index (χ0n) is 13.8. The third-order valence-corrected chi connectivity index (χ3v) is 6.51. The van der Waals surface area contributed by atoms with Gasteiger partial charge in [-0.15, -0.1) is 0 Å². The van der Waals surface area contributed by atoms with Crippen LogP contribution in [0.1, 0.15) is 10.4 Å². The number of amides is 1. The van der Waals surface area contributed by atoms with Crippen molar-refractivity contribution < 1.29 is 13.2 Å². The maximum absolute atomic E-state index is 12.7. The van der Waals surface area contributed by atoms with Crippen molar-refractivity contribution in [2.75, 3.05) is 10.0 Å². The number of carbonyl (C=O) groups is 1. The number of hydrogen-bond donors (Lipinski definition) is 2. The normalized spacial score (nSPS) is 11.0. The fourth-order valence-electron chi connectivity index (χ4n) is 2.30. The summed E-state index contributed by atoms with van der Waals surface area (Å²) >= 11 is 6.58. The van der Waals surface area contributed by atoms with Crippen molar-refractivity contribution in [2.45, 2.75) is 4.90 Å². The van der Waals surface area contributed by atoms with Gasteiger partial charge in [-0.25, -0.2) is 8.42 Å². The van der Waals surface area contributed by atoms with E-state index in [1.807, 2.05) is 0 Å². The van der Waals surface area contributed by atoms with E-state index in [9.17, 15) is 13.2 Å². The van der Waals surface area contributed by atoms with Crippen molar-refractivity contribution in [2.24, 2.45) is 0 Å². The Balaban J connectivity index is 1.87. The second-order valence-corrected chi connectivity index (χ2v) is 9.00. The molecule has 0 atom stereocenters. The van der Waals surface area contributed by atoms with Gasteiger partial charge in [-0.05, 0) is 70.5 Å². The Kier molecular flexibility index (Phi) is 5.98. The summed E-state index contributed by atoms with van der Waals surface area (Å²) in [5.41, 5.74) is 1.28. The van der Waals surface area contributed by atoms with Crippen molar-refractivity contribution in [1.29, 1.82) is 0 Å². The Morgan fingerprint density at radius 1 is 0.815 bits per heavy atom. The average molecular weight is 510 g/mol. The van der Waals surface area contributed by atoms with Gasteiger partial charge in [0.2, 0.25) is 0 Å². The van der Waals surface area contributed by atoms with Crippen molar-refractivity contribution in [3.05, 3.63) is 87.3 Å². The topological polar surface area (TPSA) is 75.3 Å². The Labute approximate surface area is 174 Å². The Morgan fingerprint density at radius 2 is 1.48 bits per heavy atom. The lowest BCUT2D eigenvalue weighted by atomic mass is 10.2. The molecular weight excluding hydrogens is 496 g/mol. The lowest BCUT2D eigenvalue weighted by molar-refractivity contribution is 0.102. The predicted molar refractivity (Wildman–Crippen MR) is 113 cm³/mol. The van der Waals surface area contributed by atoms with E-state index in [1.165, 1.54) is 12.1 Å². The van der Waals surface area contributed by atoms with Gasteiger partial charge in [-0.2, -0.15) is 0 Å². The summed E-state index contributed by atoms with van der Waals surface area (Å²) in [4.78, 5) is 12.5. The van der Waals surface area contributed by atoms with Crippen LogP contribution in [-0.4, -0.2) is 14.3 Å². The molecule has 27 heavy (non-hydrogen) atoms. The summed E-state index contributed by atoms with van der Waals surface area (Å²) < 4.78 is 29.2. The first-order valence-corrected chi connectivity index (χ1v) is 10.9. The number of anilines is 2. The number of sulfonamides is 1. The van der Waals surface area contributed by atoms with Crippen molar-refractivity contribution in [1.82, 2.24) is 0 Å². The van der Waals surface area contributed by atoms with Gasteiger partial charge in [0.05, 0.1) is 0 Å². The molecule has 8 heteroatoms. The van der Waals surface area contributed by atoms with Gasteiger partial charge < -0.3 is 5.32 Å². The minimum Gasteiger partial charge on any atom is -0.322 e. The summed E-state index contributed by atoms with van der Waals surface area (Å²) in [6, 6.07) is 20.1. The van der Waals surface area contributed by atoms with Crippen LogP contribution in [0.5, 0.6) is 0 Å². The van der Waals surface area contributed by atoms with Gasteiger partial charge in [0.15, 0.2) is 0 Å². The fraction of sp³-hybridized carbons (Fsp3) is 0. The van der Waals surface area contributed by atoms with Gasteiger partial charge in [-0.3, -0.25) is 9.52 Å². The van der Waals surface area contributed by atoms with Crippen LogP contribution in [0.25, 0.3) is 0 Å². The molecule has 0 aliphatic rings. The molecule has 0 aliphatic carbocycles. The third-order valence-electron chi connectivity index (χ3n) is 3.61. The van der Waals surface area contributed by atoms with Crippen molar-refractivity contribution in [3.63, 3.8) is 0 Å². The molecule has 0 aromatic heterocycles. The van der Waals surface area contributed by atoms with E-state index in [-0.39, 0.29) is 10.5 Å². The summed E-state index contributed by atoms with van der Waals surface area (Å²) in [6.45, 7) is 0. The Hall–Kier alpha value is -2.16. The van der Waals surface area contributed by atoms with Gasteiger partial charge in [0.1, 0.15) is 4.90 Å². The minimum atomic E-state index is -3.86. The van der Waals surface area contributed by atoms with Gasteiger partial charge in [-0.1, -0.05) is 34.1 Å². The summed E-state index contributed by atoms with van der Waals surface area (Å²) in [5, 5.41) is 2.74. The molecule has 0 bridgehead atoms. The number of hydrogen-bond acceptors (Lipinski definition) is 3. The van der Waals surface area contributed by atoms with E-state index >= 15 is 0 Å². The lowest BCUT2D eigenvalue weighted by Crippen LogP contribution is -2.16. The van der Waals surface area contributed by atoms with Crippen molar-refractivity contribution in [3.8, 4) is 0 Å². The maximum Gasteiger partial charge on any atom is 0.263 e.